The lowest BCUT2D eigenvalue weighted by molar-refractivity contribution is 0.0761. The van der Waals surface area contributed by atoms with Crippen LogP contribution in [0.2, 0.25) is 0 Å². The van der Waals surface area contributed by atoms with Gasteiger partial charge < -0.3 is 9.42 Å². The van der Waals surface area contributed by atoms with Gasteiger partial charge in [0.2, 0.25) is 0 Å². The Balaban J connectivity index is 1.62. The van der Waals surface area contributed by atoms with E-state index in [0.29, 0.717) is 0 Å². The summed E-state index contributed by atoms with van der Waals surface area (Å²) in [6, 6.07) is 7.83. The van der Waals surface area contributed by atoms with E-state index in [1.807, 2.05) is 49.9 Å². The Morgan fingerprint density at radius 2 is 1.83 bits per heavy atom. The van der Waals surface area contributed by atoms with Crippen LogP contribution in [-0.4, -0.2) is 47.0 Å². The van der Waals surface area contributed by atoms with Crippen molar-refractivity contribution >= 4 is 5.91 Å². The summed E-state index contributed by atoms with van der Waals surface area (Å²) in [6.45, 7) is 10.3. The second-order valence-electron chi connectivity index (χ2n) is 6.59. The highest BCUT2D eigenvalue weighted by Crippen LogP contribution is 2.17. The van der Waals surface area contributed by atoms with Gasteiger partial charge in [-0.2, -0.15) is 0 Å². The van der Waals surface area contributed by atoms with E-state index >= 15 is 0 Å². The largest absolute Gasteiger partial charge is 0.361 e. The molecule has 2 aromatic rings. The predicted octanol–water partition coefficient (Wildman–Crippen LogP) is 2.95. The molecular weight excluding hydrogens is 302 g/mol. The maximum absolute atomic E-state index is 12.7. The van der Waals surface area contributed by atoms with E-state index < -0.39 is 0 Å². The quantitative estimate of drug-likeness (QED) is 0.870. The summed E-state index contributed by atoms with van der Waals surface area (Å²) in [5.74, 6) is 1.03. The summed E-state index contributed by atoms with van der Waals surface area (Å²) in [5, 5.41) is 4.03. The molecule has 0 saturated carbocycles. The number of hydrogen-bond acceptors (Lipinski definition) is 4. The number of hydrogen-bond donors (Lipinski definition) is 0. The first-order valence-electron chi connectivity index (χ1n) is 8.54. The molecule has 24 heavy (non-hydrogen) atoms. The number of aromatic nitrogens is 1. The molecule has 5 heteroatoms. The fourth-order valence-corrected chi connectivity index (χ4v) is 3.16. The summed E-state index contributed by atoms with van der Waals surface area (Å²) >= 11 is 0. The zero-order valence-electron chi connectivity index (χ0n) is 14.7. The number of aryl methyl sites for hydroxylation is 3. The zero-order chi connectivity index (χ0) is 17.1. The van der Waals surface area contributed by atoms with Gasteiger partial charge in [-0.05, 0) is 39.3 Å². The molecule has 1 fully saturated rings. The molecule has 1 saturated heterocycles. The highest BCUT2D eigenvalue weighted by atomic mass is 16.5. The average molecular weight is 327 g/mol. The van der Waals surface area contributed by atoms with Gasteiger partial charge >= 0.3 is 0 Å². The van der Waals surface area contributed by atoms with Gasteiger partial charge in [-0.15, -0.1) is 0 Å². The maximum atomic E-state index is 12.7. The lowest BCUT2D eigenvalue weighted by Gasteiger charge is -2.22. The van der Waals surface area contributed by atoms with Crippen LogP contribution in [0.4, 0.5) is 0 Å². The van der Waals surface area contributed by atoms with Crippen molar-refractivity contribution in [2.45, 2.75) is 33.7 Å². The third-order valence-electron chi connectivity index (χ3n) is 4.74. The van der Waals surface area contributed by atoms with E-state index in [2.05, 4.69) is 10.1 Å². The first kappa shape index (κ1) is 16.7. The molecule has 1 aromatic carbocycles. The Bertz CT molecular complexity index is 686. The molecule has 1 amide bonds. The lowest BCUT2D eigenvalue weighted by Crippen LogP contribution is -2.35. The number of nitrogens with zero attached hydrogens (tertiary/aromatic N) is 3. The minimum atomic E-state index is 0.134. The van der Waals surface area contributed by atoms with E-state index in [-0.39, 0.29) is 5.91 Å². The molecule has 2 heterocycles. The van der Waals surface area contributed by atoms with Crippen LogP contribution in [0.5, 0.6) is 0 Å². The van der Waals surface area contributed by atoms with Crippen LogP contribution < -0.4 is 0 Å². The number of rotatable bonds is 3. The molecule has 1 aromatic heterocycles. The van der Waals surface area contributed by atoms with Crippen LogP contribution in [0.15, 0.2) is 28.8 Å². The molecule has 5 nitrogen and oxygen atoms in total. The molecule has 0 bridgehead atoms. The van der Waals surface area contributed by atoms with Gasteiger partial charge in [-0.3, -0.25) is 9.69 Å². The Morgan fingerprint density at radius 1 is 1.08 bits per heavy atom. The van der Waals surface area contributed by atoms with Crippen molar-refractivity contribution in [2.75, 3.05) is 26.2 Å². The van der Waals surface area contributed by atoms with E-state index in [0.717, 1.165) is 56.2 Å². The summed E-state index contributed by atoms with van der Waals surface area (Å²) in [7, 11) is 0. The topological polar surface area (TPSA) is 49.6 Å². The van der Waals surface area contributed by atoms with Crippen LogP contribution in [0, 0.1) is 20.8 Å². The van der Waals surface area contributed by atoms with Gasteiger partial charge in [-0.1, -0.05) is 22.9 Å². The van der Waals surface area contributed by atoms with Crippen molar-refractivity contribution in [1.29, 1.82) is 0 Å². The number of carbonyl (C=O) groups is 1. The highest BCUT2D eigenvalue weighted by Gasteiger charge is 2.21. The van der Waals surface area contributed by atoms with E-state index in [4.69, 9.17) is 4.52 Å². The highest BCUT2D eigenvalue weighted by molar-refractivity contribution is 5.94. The van der Waals surface area contributed by atoms with Gasteiger partial charge in [-0.25, -0.2) is 0 Å². The fourth-order valence-electron chi connectivity index (χ4n) is 3.16. The summed E-state index contributed by atoms with van der Waals surface area (Å²) < 4.78 is 5.25. The first-order chi connectivity index (χ1) is 11.5. The van der Waals surface area contributed by atoms with Crippen molar-refractivity contribution < 1.29 is 9.32 Å². The second kappa shape index (κ2) is 7.18. The Labute approximate surface area is 143 Å². The Hall–Kier alpha value is -2.14. The van der Waals surface area contributed by atoms with Crippen molar-refractivity contribution in [1.82, 2.24) is 15.0 Å². The monoisotopic (exact) mass is 327 g/mol. The first-order valence-corrected chi connectivity index (χ1v) is 8.54. The van der Waals surface area contributed by atoms with E-state index in [1.165, 1.54) is 11.1 Å². The summed E-state index contributed by atoms with van der Waals surface area (Å²) in [6.07, 6.45) is 0.987. The molecule has 0 spiro atoms. The molecule has 0 radical (unpaired) electrons. The standard InChI is InChI=1S/C19H25N3O2/c1-14-5-7-17(8-6-14)19(23)22-10-4-9-21(11-12-22)13-18-15(2)20-24-16(18)3/h5-8H,4,9-13H2,1-3H3. The molecule has 3 rings (SSSR count). The van der Waals surface area contributed by atoms with Crippen LogP contribution in [-0.2, 0) is 6.54 Å². The number of carbonyl (C=O) groups excluding carboxylic acids is 1. The SMILES string of the molecule is Cc1ccc(C(=O)N2CCCN(Cc3c(C)noc3C)CC2)cc1. The van der Waals surface area contributed by atoms with Crippen LogP contribution in [0.1, 0.15) is 39.4 Å². The maximum Gasteiger partial charge on any atom is 0.253 e. The molecular formula is C19H25N3O2. The molecule has 1 aliphatic heterocycles. The molecule has 0 atom stereocenters. The molecule has 0 unspecified atom stereocenters. The predicted molar refractivity (Wildman–Crippen MR) is 93.0 cm³/mol. The van der Waals surface area contributed by atoms with Gasteiger partial charge in [0.1, 0.15) is 5.76 Å². The molecule has 0 aliphatic carbocycles. The molecule has 128 valence electrons. The van der Waals surface area contributed by atoms with Crippen LogP contribution in [0.25, 0.3) is 0 Å². The molecule has 0 N–H and O–H groups in total. The second-order valence-corrected chi connectivity index (χ2v) is 6.59. The summed E-state index contributed by atoms with van der Waals surface area (Å²) in [5.41, 5.74) is 4.09. The minimum Gasteiger partial charge on any atom is -0.361 e. The smallest absolute Gasteiger partial charge is 0.253 e. The van der Waals surface area contributed by atoms with Crippen molar-refractivity contribution in [3.63, 3.8) is 0 Å². The van der Waals surface area contributed by atoms with Gasteiger partial charge in [0.25, 0.3) is 5.91 Å². The van der Waals surface area contributed by atoms with Crippen molar-refractivity contribution in [3.05, 3.63) is 52.4 Å². The van der Waals surface area contributed by atoms with Crippen molar-refractivity contribution in [3.8, 4) is 0 Å². The van der Waals surface area contributed by atoms with Gasteiger partial charge in [0.05, 0.1) is 5.69 Å². The van der Waals surface area contributed by atoms with Gasteiger partial charge in [0.15, 0.2) is 0 Å². The van der Waals surface area contributed by atoms with Crippen molar-refractivity contribution in [2.24, 2.45) is 0 Å². The number of amides is 1. The molecule has 1 aliphatic rings. The fraction of sp³-hybridized carbons (Fsp3) is 0.474. The Morgan fingerprint density at radius 3 is 2.50 bits per heavy atom. The third-order valence-corrected chi connectivity index (χ3v) is 4.74. The minimum absolute atomic E-state index is 0.134. The van der Waals surface area contributed by atoms with E-state index in [1.54, 1.807) is 0 Å². The van der Waals surface area contributed by atoms with E-state index in [9.17, 15) is 4.79 Å². The summed E-state index contributed by atoms with van der Waals surface area (Å²) in [4.78, 5) is 17.0. The number of benzene rings is 1. The normalized spacial score (nSPS) is 16.2. The van der Waals surface area contributed by atoms with Gasteiger partial charge in [0, 0.05) is 43.9 Å². The van der Waals surface area contributed by atoms with Crippen LogP contribution in [0.3, 0.4) is 0 Å². The Kier molecular flexibility index (Phi) is 5.00. The zero-order valence-corrected chi connectivity index (χ0v) is 14.7. The average Bonchev–Trinajstić information content (AvgIpc) is 2.78. The lowest BCUT2D eigenvalue weighted by atomic mass is 10.1. The third kappa shape index (κ3) is 3.67. The van der Waals surface area contributed by atoms with Crippen LogP contribution >= 0.6 is 0 Å².